The Balaban J connectivity index is 2.01. The van der Waals surface area contributed by atoms with E-state index < -0.39 is 0 Å². The molecule has 0 aliphatic heterocycles. The Kier molecular flexibility index (Phi) is 7.17. The van der Waals surface area contributed by atoms with Gasteiger partial charge in [-0.1, -0.05) is 11.8 Å². The maximum absolute atomic E-state index is 13.4. The van der Waals surface area contributed by atoms with Crippen LogP contribution in [0.15, 0.2) is 9.95 Å². The van der Waals surface area contributed by atoms with Crippen LogP contribution in [-0.4, -0.2) is 52.8 Å². The summed E-state index contributed by atoms with van der Waals surface area (Å²) in [5, 5.41) is 4.04. The lowest BCUT2D eigenvalue weighted by atomic mass is 9.97. The number of aromatic nitrogens is 2. The Labute approximate surface area is 174 Å². The second kappa shape index (κ2) is 9.41. The van der Waals surface area contributed by atoms with Crippen LogP contribution in [0.3, 0.4) is 0 Å². The van der Waals surface area contributed by atoms with Crippen LogP contribution in [-0.2, 0) is 24.2 Å². The van der Waals surface area contributed by atoms with Crippen LogP contribution in [0.4, 0.5) is 0 Å². The highest BCUT2D eigenvalue weighted by atomic mass is 32.2. The van der Waals surface area contributed by atoms with Crippen molar-refractivity contribution in [2.24, 2.45) is 0 Å². The molecule has 2 heterocycles. The van der Waals surface area contributed by atoms with Gasteiger partial charge in [0.15, 0.2) is 5.16 Å². The standard InChI is InChI=1S/C20H30N4O2S2/c1-5-21-17(25)13(2)27-20-22-18-16(14-9-6-7-10-15(14)28-18)19(26)24(20)12-8-11-23(3)4/h13H,5-12H2,1-4H3,(H,21,25)/t13-/m0/s1. The maximum atomic E-state index is 13.4. The Bertz CT molecular complexity index is 904. The Morgan fingerprint density at radius 1 is 1.36 bits per heavy atom. The molecule has 0 unspecified atom stereocenters. The van der Waals surface area contributed by atoms with Gasteiger partial charge in [-0.15, -0.1) is 11.3 Å². The van der Waals surface area contributed by atoms with Crippen LogP contribution >= 0.6 is 23.1 Å². The molecular weight excluding hydrogens is 392 g/mol. The molecule has 0 saturated carbocycles. The quantitative estimate of drug-likeness (QED) is 0.523. The van der Waals surface area contributed by atoms with Crippen molar-refractivity contribution in [3.8, 4) is 0 Å². The van der Waals surface area contributed by atoms with E-state index in [-0.39, 0.29) is 16.7 Å². The number of carbonyl (C=O) groups excluding carboxylic acids is 1. The fraction of sp³-hybridized carbons (Fsp3) is 0.650. The lowest BCUT2D eigenvalue weighted by molar-refractivity contribution is -0.120. The zero-order chi connectivity index (χ0) is 20.3. The Morgan fingerprint density at radius 2 is 2.11 bits per heavy atom. The van der Waals surface area contributed by atoms with E-state index in [0.717, 1.165) is 42.4 Å². The predicted octanol–water partition coefficient (Wildman–Crippen LogP) is 2.91. The van der Waals surface area contributed by atoms with Crippen molar-refractivity contribution in [1.29, 1.82) is 0 Å². The van der Waals surface area contributed by atoms with Gasteiger partial charge in [0.25, 0.3) is 5.56 Å². The average molecular weight is 423 g/mol. The summed E-state index contributed by atoms with van der Waals surface area (Å²) >= 11 is 3.05. The van der Waals surface area contributed by atoms with E-state index in [1.165, 1.54) is 28.6 Å². The highest BCUT2D eigenvalue weighted by Crippen LogP contribution is 2.35. The number of carbonyl (C=O) groups is 1. The van der Waals surface area contributed by atoms with Gasteiger partial charge in [-0.2, -0.15) is 0 Å². The molecule has 2 aromatic heterocycles. The van der Waals surface area contributed by atoms with E-state index >= 15 is 0 Å². The lowest BCUT2D eigenvalue weighted by Gasteiger charge is -2.17. The van der Waals surface area contributed by atoms with Crippen LogP contribution in [0.25, 0.3) is 10.2 Å². The van der Waals surface area contributed by atoms with Crippen LogP contribution in [0.1, 0.15) is 43.6 Å². The largest absolute Gasteiger partial charge is 0.355 e. The van der Waals surface area contributed by atoms with Crippen molar-refractivity contribution in [3.05, 3.63) is 20.8 Å². The molecule has 1 N–H and O–H groups in total. The molecule has 1 atom stereocenters. The molecule has 2 aromatic rings. The molecule has 0 fully saturated rings. The molecule has 0 radical (unpaired) electrons. The molecule has 1 aliphatic carbocycles. The van der Waals surface area contributed by atoms with E-state index in [2.05, 4.69) is 10.2 Å². The number of hydrogen-bond acceptors (Lipinski definition) is 6. The van der Waals surface area contributed by atoms with E-state index in [1.807, 2.05) is 27.9 Å². The number of fused-ring (bicyclic) bond motifs is 3. The van der Waals surface area contributed by atoms with Crippen molar-refractivity contribution < 1.29 is 4.79 Å². The maximum Gasteiger partial charge on any atom is 0.263 e. The minimum Gasteiger partial charge on any atom is -0.355 e. The normalized spacial score (nSPS) is 15.0. The summed E-state index contributed by atoms with van der Waals surface area (Å²) in [6.07, 6.45) is 5.23. The molecule has 0 saturated heterocycles. The second-order valence-corrected chi connectivity index (χ2v) is 9.95. The molecule has 8 heteroatoms. The van der Waals surface area contributed by atoms with Gasteiger partial charge in [0, 0.05) is 18.0 Å². The van der Waals surface area contributed by atoms with Crippen LogP contribution in [0.5, 0.6) is 0 Å². The smallest absolute Gasteiger partial charge is 0.263 e. The monoisotopic (exact) mass is 422 g/mol. The number of thioether (sulfide) groups is 1. The summed E-state index contributed by atoms with van der Waals surface area (Å²) in [6, 6.07) is 0. The van der Waals surface area contributed by atoms with E-state index in [0.29, 0.717) is 18.2 Å². The Morgan fingerprint density at radius 3 is 2.82 bits per heavy atom. The molecule has 0 bridgehead atoms. The highest BCUT2D eigenvalue weighted by molar-refractivity contribution is 8.00. The van der Waals surface area contributed by atoms with Crippen LogP contribution in [0.2, 0.25) is 0 Å². The van der Waals surface area contributed by atoms with Crippen molar-refractivity contribution in [1.82, 2.24) is 19.8 Å². The molecule has 6 nitrogen and oxygen atoms in total. The van der Waals surface area contributed by atoms with Crippen molar-refractivity contribution in [3.63, 3.8) is 0 Å². The zero-order valence-electron chi connectivity index (χ0n) is 17.2. The van der Waals surface area contributed by atoms with E-state index in [9.17, 15) is 9.59 Å². The van der Waals surface area contributed by atoms with Gasteiger partial charge in [0.2, 0.25) is 5.91 Å². The van der Waals surface area contributed by atoms with Crippen molar-refractivity contribution >= 4 is 39.2 Å². The number of nitrogens with zero attached hydrogens (tertiary/aromatic N) is 3. The summed E-state index contributed by atoms with van der Waals surface area (Å²) in [7, 11) is 4.07. The zero-order valence-corrected chi connectivity index (χ0v) is 18.8. The molecule has 1 aliphatic rings. The molecule has 0 aromatic carbocycles. The lowest BCUT2D eigenvalue weighted by Crippen LogP contribution is -2.32. The van der Waals surface area contributed by atoms with Crippen molar-refractivity contribution in [2.45, 2.75) is 62.9 Å². The summed E-state index contributed by atoms with van der Waals surface area (Å²) in [4.78, 5) is 34.8. The minimum atomic E-state index is -0.293. The van der Waals surface area contributed by atoms with Gasteiger partial charge in [-0.25, -0.2) is 4.98 Å². The van der Waals surface area contributed by atoms with Gasteiger partial charge in [-0.3, -0.25) is 14.2 Å². The summed E-state index contributed by atoms with van der Waals surface area (Å²) < 4.78 is 1.80. The SMILES string of the molecule is CCNC(=O)[C@H](C)Sc1nc2sc3c(c2c(=O)n1CCCN(C)C)CCCC3. The molecular formula is C20H30N4O2S2. The summed E-state index contributed by atoms with van der Waals surface area (Å²) in [5.41, 5.74) is 1.28. The van der Waals surface area contributed by atoms with Gasteiger partial charge in [-0.05, 0) is 72.2 Å². The highest BCUT2D eigenvalue weighted by Gasteiger charge is 2.24. The number of thiophene rings is 1. The third-order valence-corrected chi connectivity index (χ3v) is 7.31. The third kappa shape index (κ3) is 4.60. The number of rotatable bonds is 8. The molecule has 1 amide bonds. The first kappa shape index (κ1) is 21.3. The first-order valence-electron chi connectivity index (χ1n) is 10.1. The summed E-state index contributed by atoms with van der Waals surface area (Å²) in [5.74, 6) is -0.0211. The van der Waals surface area contributed by atoms with Gasteiger partial charge < -0.3 is 10.2 Å². The summed E-state index contributed by atoms with van der Waals surface area (Å²) in [6.45, 7) is 5.91. The Hall–Kier alpha value is -1.38. The number of aryl methyl sites for hydroxylation is 2. The van der Waals surface area contributed by atoms with E-state index in [1.54, 1.807) is 15.9 Å². The van der Waals surface area contributed by atoms with Gasteiger partial charge >= 0.3 is 0 Å². The third-order valence-electron chi connectivity index (χ3n) is 5.03. The predicted molar refractivity (Wildman–Crippen MR) is 118 cm³/mol. The van der Waals surface area contributed by atoms with Crippen LogP contribution < -0.4 is 10.9 Å². The first-order chi connectivity index (χ1) is 13.4. The van der Waals surface area contributed by atoms with Crippen molar-refractivity contribution in [2.75, 3.05) is 27.2 Å². The molecule has 3 rings (SSSR count). The fourth-order valence-electron chi connectivity index (χ4n) is 3.58. The minimum absolute atomic E-state index is 0.0211. The number of nitrogens with one attached hydrogen (secondary N) is 1. The van der Waals surface area contributed by atoms with Crippen LogP contribution in [0, 0.1) is 0 Å². The molecule has 154 valence electrons. The second-order valence-electron chi connectivity index (χ2n) is 7.55. The average Bonchev–Trinajstić information content (AvgIpc) is 3.02. The molecule has 28 heavy (non-hydrogen) atoms. The van der Waals surface area contributed by atoms with Gasteiger partial charge in [0.1, 0.15) is 4.83 Å². The number of hydrogen-bond donors (Lipinski definition) is 1. The van der Waals surface area contributed by atoms with Gasteiger partial charge in [0.05, 0.1) is 10.6 Å². The topological polar surface area (TPSA) is 67.2 Å². The fourth-order valence-corrected chi connectivity index (χ4v) is 5.84. The number of amides is 1. The molecule has 0 spiro atoms. The van der Waals surface area contributed by atoms with E-state index in [4.69, 9.17) is 4.98 Å². The first-order valence-corrected chi connectivity index (χ1v) is 11.8.